The number of thiophene rings is 1. The normalized spacial score (nSPS) is 24.9. The summed E-state index contributed by atoms with van der Waals surface area (Å²) in [7, 11) is 0. The fourth-order valence-corrected chi connectivity index (χ4v) is 3.69. The van der Waals surface area contributed by atoms with Crippen molar-refractivity contribution in [3.8, 4) is 0 Å². The Bertz CT molecular complexity index is 296. The van der Waals surface area contributed by atoms with Gasteiger partial charge >= 0.3 is 0 Å². The molecule has 0 radical (unpaired) electrons. The molecular weight excluding hydrogens is 284 g/mol. The molecule has 78 valence electrons. The molecule has 0 saturated carbocycles. The second-order valence-electron chi connectivity index (χ2n) is 3.52. The maximum Gasteiger partial charge on any atom is 0.0931 e. The standard InChI is InChI=1S/C10H12BrClOS/c11-10(7-2-1-5-13-6-7)8-3-4-9(12)14-8/h3-4,7,10H,1-2,5-6H2. The second kappa shape index (κ2) is 4.97. The minimum atomic E-state index is 0.403. The first kappa shape index (κ1) is 10.9. The fraction of sp³-hybridized carbons (Fsp3) is 0.600. The van der Waals surface area contributed by atoms with Gasteiger partial charge in [0.25, 0.3) is 0 Å². The van der Waals surface area contributed by atoms with Gasteiger partial charge in [-0.25, -0.2) is 0 Å². The first-order valence-electron chi connectivity index (χ1n) is 4.74. The molecule has 1 aliphatic heterocycles. The Balaban J connectivity index is 2.03. The SMILES string of the molecule is Clc1ccc(C(Br)C2CCCOC2)s1. The van der Waals surface area contributed by atoms with E-state index in [4.69, 9.17) is 16.3 Å². The summed E-state index contributed by atoms with van der Waals surface area (Å²) in [6.45, 7) is 1.78. The van der Waals surface area contributed by atoms with Crippen LogP contribution in [0, 0.1) is 5.92 Å². The topological polar surface area (TPSA) is 9.23 Å². The molecule has 0 aliphatic carbocycles. The molecular formula is C10H12BrClOS. The minimum absolute atomic E-state index is 0.403. The van der Waals surface area contributed by atoms with Gasteiger partial charge in [-0.05, 0) is 30.9 Å². The predicted molar refractivity (Wildman–Crippen MR) is 64.5 cm³/mol. The molecule has 2 rings (SSSR count). The van der Waals surface area contributed by atoms with Crippen LogP contribution in [-0.2, 0) is 4.74 Å². The summed E-state index contributed by atoms with van der Waals surface area (Å²) in [6, 6.07) is 4.06. The molecule has 1 aromatic heterocycles. The van der Waals surface area contributed by atoms with Crippen molar-refractivity contribution < 1.29 is 4.74 Å². The third-order valence-electron chi connectivity index (χ3n) is 2.48. The van der Waals surface area contributed by atoms with Crippen LogP contribution in [0.3, 0.4) is 0 Å². The van der Waals surface area contributed by atoms with Gasteiger partial charge in [-0.3, -0.25) is 0 Å². The zero-order valence-electron chi connectivity index (χ0n) is 7.71. The van der Waals surface area contributed by atoms with Crippen LogP contribution in [0.15, 0.2) is 12.1 Å². The Morgan fingerprint density at radius 2 is 2.43 bits per heavy atom. The molecule has 2 atom stereocenters. The highest BCUT2D eigenvalue weighted by Gasteiger charge is 2.24. The molecule has 1 aliphatic rings. The van der Waals surface area contributed by atoms with Crippen molar-refractivity contribution in [1.82, 2.24) is 0 Å². The van der Waals surface area contributed by atoms with Crippen molar-refractivity contribution in [2.24, 2.45) is 5.92 Å². The molecule has 2 unspecified atom stereocenters. The van der Waals surface area contributed by atoms with Crippen molar-refractivity contribution in [2.45, 2.75) is 17.7 Å². The van der Waals surface area contributed by atoms with Crippen molar-refractivity contribution in [2.75, 3.05) is 13.2 Å². The number of ether oxygens (including phenoxy) is 1. The Labute approximate surface area is 102 Å². The lowest BCUT2D eigenvalue weighted by molar-refractivity contribution is 0.0549. The largest absolute Gasteiger partial charge is 0.381 e. The van der Waals surface area contributed by atoms with Crippen LogP contribution in [0.5, 0.6) is 0 Å². The van der Waals surface area contributed by atoms with Crippen molar-refractivity contribution in [3.63, 3.8) is 0 Å². The van der Waals surface area contributed by atoms with Gasteiger partial charge < -0.3 is 4.74 Å². The van der Waals surface area contributed by atoms with E-state index < -0.39 is 0 Å². The van der Waals surface area contributed by atoms with E-state index in [1.165, 1.54) is 17.7 Å². The number of alkyl halides is 1. The number of hydrogen-bond donors (Lipinski definition) is 0. The lowest BCUT2D eigenvalue weighted by Gasteiger charge is -2.25. The van der Waals surface area contributed by atoms with Gasteiger partial charge in [-0.15, -0.1) is 11.3 Å². The maximum absolute atomic E-state index is 5.91. The Morgan fingerprint density at radius 1 is 1.57 bits per heavy atom. The summed E-state index contributed by atoms with van der Waals surface area (Å²) in [4.78, 5) is 1.71. The van der Waals surface area contributed by atoms with Crippen LogP contribution in [0.2, 0.25) is 4.34 Å². The van der Waals surface area contributed by atoms with E-state index in [1.54, 1.807) is 11.3 Å². The smallest absolute Gasteiger partial charge is 0.0931 e. The van der Waals surface area contributed by atoms with E-state index in [-0.39, 0.29) is 0 Å². The molecule has 1 aromatic rings. The Morgan fingerprint density at radius 3 is 3.00 bits per heavy atom. The molecule has 1 nitrogen and oxygen atoms in total. The van der Waals surface area contributed by atoms with Crippen molar-refractivity contribution >= 4 is 38.9 Å². The lowest BCUT2D eigenvalue weighted by atomic mass is 9.98. The van der Waals surface area contributed by atoms with Crippen LogP contribution >= 0.6 is 38.9 Å². The van der Waals surface area contributed by atoms with Gasteiger partial charge in [0.2, 0.25) is 0 Å². The number of halogens is 2. The Kier molecular flexibility index (Phi) is 3.88. The van der Waals surface area contributed by atoms with E-state index in [0.717, 1.165) is 17.6 Å². The third kappa shape index (κ3) is 2.51. The van der Waals surface area contributed by atoms with E-state index >= 15 is 0 Å². The molecule has 2 heterocycles. The van der Waals surface area contributed by atoms with Gasteiger partial charge in [0.1, 0.15) is 0 Å². The highest BCUT2D eigenvalue weighted by Crippen LogP contribution is 2.40. The summed E-state index contributed by atoms with van der Waals surface area (Å²) in [5, 5.41) is 0. The van der Waals surface area contributed by atoms with Crippen LogP contribution in [0.25, 0.3) is 0 Å². The van der Waals surface area contributed by atoms with Crippen LogP contribution in [-0.4, -0.2) is 13.2 Å². The van der Waals surface area contributed by atoms with Crippen LogP contribution in [0.1, 0.15) is 22.5 Å². The fourth-order valence-electron chi connectivity index (χ4n) is 1.71. The molecule has 1 fully saturated rings. The van der Waals surface area contributed by atoms with Crippen LogP contribution in [0.4, 0.5) is 0 Å². The lowest BCUT2D eigenvalue weighted by Crippen LogP contribution is -2.20. The number of rotatable bonds is 2. The van der Waals surface area contributed by atoms with Crippen LogP contribution < -0.4 is 0 Å². The average molecular weight is 296 g/mol. The van der Waals surface area contributed by atoms with Gasteiger partial charge in [-0.2, -0.15) is 0 Å². The monoisotopic (exact) mass is 294 g/mol. The van der Waals surface area contributed by atoms with Gasteiger partial charge in [-0.1, -0.05) is 27.5 Å². The van der Waals surface area contributed by atoms with E-state index in [0.29, 0.717) is 10.7 Å². The highest BCUT2D eigenvalue weighted by molar-refractivity contribution is 9.09. The van der Waals surface area contributed by atoms with Crippen molar-refractivity contribution in [3.05, 3.63) is 21.3 Å². The Hall–Kier alpha value is 0.430. The molecule has 0 bridgehead atoms. The first-order chi connectivity index (χ1) is 6.77. The summed E-state index contributed by atoms with van der Waals surface area (Å²) in [5.41, 5.74) is 0. The zero-order valence-corrected chi connectivity index (χ0v) is 10.9. The van der Waals surface area contributed by atoms with Gasteiger partial charge in [0, 0.05) is 11.5 Å². The van der Waals surface area contributed by atoms with Crippen molar-refractivity contribution in [1.29, 1.82) is 0 Å². The summed E-state index contributed by atoms with van der Waals surface area (Å²) >= 11 is 11.3. The first-order valence-corrected chi connectivity index (χ1v) is 6.85. The molecule has 4 heteroatoms. The van der Waals surface area contributed by atoms with Gasteiger partial charge in [0.05, 0.1) is 15.8 Å². The number of hydrogen-bond acceptors (Lipinski definition) is 2. The molecule has 0 spiro atoms. The summed E-state index contributed by atoms with van der Waals surface area (Å²) < 4.78 is 6.34. The molecule has 0 amide bonds. The second-order valence-corrected chi connectivity index (χ2v) is 6.25. The molecule has 0 aromatic carbocycles. The van der Waals surface area contributed by atoms with E-state index in [9.17, 15) is 0 Å². The molecule has 1 saturated heterocycles. The third-order valence-corrected chi connectivity index (χ3v) is 5.33. The zero-order chi connectivity index (χ0) is 9.97. The summed E-state index contributed by atoms with van der Waals surface area (Å²) in [5.74, 6) is 0.596. The van der Waals surface area contributed by atoms with E-state index in [2.05, 4.69) is 22.0 Å². The molecule has 0 N–H and O–H groups in total. The summed E-state index contributed by atoms with van der Waals surface area (Å²) in [6.07, 6.45) is 2.41. The van der Waals surface area contributed by atoms with E-state index in [1.807, 2.05) is 6.07 Å². The molecule has 14 heavy (non-hydrogen) atoms. The van der Waals surface area contributed by atoms with Gasteiger partial charge in [0.15, 0.2) is 0 Å². The average Bonchev–Trinajstić information content (AvgIpc) is 2.65. The predicted octanol–water partition coefficient (Wildman–Crippen LogP) is 4.26. The highest BCUT2D eigenvalue weighted by atomic mass is 79.9. The maximum atomic E-state index is 5.91. The minimum Gasteiger partial charge on any atom is -0.381 e. The quantitative estimate of drug-likeness (QED) is 0.741.